The Kier molecular flexibility index (Phi) is 5.15. The molecule has 1 aromatic rings. The largest absolute Gasteiger partial charge is 0.333 e. The smallest absolute Gasteiger partial charge is 0.254 e. The third-order valence-electron chi connectivity index (χ3n) is 3.03. The molecule has 0 radical (unpaired) electrons. The lowest BCUT2D eigenvalue weighted by Gasteiger charge is -2.35. The quantitative estimate of drug-likeness (QED) is 0.857. The molecule has 6 heteroatoms. The van der Waals surface area contributed by atoms with Gasteiger partial charge in [0.2, 0.25) is 0 Å². The molecule has 0 aliphatic heterocycles. The van der Waals surface area contributed by atoms with Crippen molar-refractivity contribution < 1.29 is 17.6 Å². The molecule has 0 heterocycles. The Morgan fingerprint density at radius 2 is 1.81 bits per heavy atom. The molecule has 0 aliphatic rings. The molecule has 21 heavy (non-hydrogen) atoms. The van der Waals surface area contributed by atoms with E-state index in [4.69, 9.17) is 0 Å². The fourth-order valence-electron chi connectivity index (χ4n) is 2.01. The van der Waals surface area contributed by atoms with Gasteiger partial charge in [0.15, 0.2) is 0 Å². The van der Waals surface area contributed by atoms with Gasteiger partial charge in [0.05, 0.1) is 5.75 Å². The average molecular weight is 315 g/mol. The normalized spacial score (nSPS) is 12.3. The van der Waals surface area contributed by atoms with E-state index in [1.807, 2.05) is 20.8 Å². The van der Waals surface area contributed by atoms with Crippen LogP contribution in [0, 0.1) is 12.7 Å². The van der Waals surface area contributed by atoms with Crippen LogP contribution in [0.4, 0.5) is 4.39 Å². The van der Waals surface area contributed by atoms with Gasteiger partial charge in [0.25, 0.3) is 5.91 Å². The number of carbonyl (C=O) groups excluding carboxylic acids is 1. The van der Waals surface area contributed by atoms with Crippen LogP contribution in [0.25, 0.3) is 0 Å². The van der Waals surface area contributed by atoms with Crippen LogP contribution in [-0.2, 0) is 9.84 Å². The summed E-state index contributed by atoms with van der Waals surface area (Å²) in [6.45, 7) is 7.24. The van der Waals surface area contributed by atoms with Gasteiger partial charge < -0.3 is 4.90 Å². The molecule has 0 fully saturated rings. The summed E-state index contributed by atoms with van der Waals surface area (Å²) < 4.78 is 36.1. The first-order valence-corrected chi connectivity index (χ1v) is 8.73. The van der Waals surface area contributed by atoms with Gasteiger partial charge in [0, 0.05) is 23.9 Å². The standard InChI is InChI=1S/C15H22FNO3S/c1-11-8-12(10-13(16)9-11)14(18)17(15(2,3)4)6-7-21(5,19)20/h8-10H,6-7H2,1-5H3. The number of sulfone groups is 1. The zero-order valence-corrected chi connectivity index (χ0v) is 13.9. The highest BCUT2D eigenvalue weighted by molar-refractivity contribution is 7.90. The van der Waals surface area contributed by atoms with Crippen LogP contribution in [0.3, 0.4) is 0 Å². The van der Waals surface area contributed by atoms with Crippen molar-refractivity contribution in [3.8, 4) is 0 Å². The van der Waals surface area contributed by atoms with Crippen molar-refractivity contribution in [1.29, 1.82) is 0 Å². The SMILES string of the molecule is Cc1cc(F)cc(C(=O)N(CCS(C)(=O)=O)C(C)(C)C)c1. The van der Waals surface area contributed by atoms with E-state index in [0.717, 1.165) is 6.26 Å². The topological polar surface area (TPSA) is 54.5 Å². The lowest BCUT2D eigenvalue weighted by Crippen LogP contribution is -2.47. The molecule has 118 valence electrons. The highest BCUT2D eigenvalue weighted by atomic mass is 32.2. The lowest BCUT2D eigenvalue weighted by atomic mass is 10.0. The van der Waals surface area contributed by atoms with Gasteiger partial charge in [-0.25, -0.2) is 12.8 Å². The summed E-state index contributed by atoms with van der Waals surface area (Å²) >= 11 is 0. The van der Waals surface area contributed by atoms with Crippen molar-refractivity contribution in [1.82, 2.24) is 4.90 Å². The third kappa shape index (κ3) is 5.46. The van der Waals surface area contributed by atoms with Gasteiger partial charge >= 0.3 is 0 Å². The first-order chi connectivity index (χ1) is 9.40. The predicted molar refractivity (Wildman–Crippen MR) is 81.6 cm³/mol. The second kappa shape index (κ2) is 6.13. The molecule has 0 N–H and O–H groups in total. The van der Waals surface area contributed by atoms with Crippen molar-refractivity contribution in [2.45, 2.75) is 33.2 Å². The molecular formula is C15H22FNO3S. The summed E-state index contributed by atoms with van der Waals surface area (Å²) in [7, 11) is -3.18. The first-order valence-electron chi connectivity index (χ1n) is 6.67. The Balaban J connectivity index is 3.11. The Bertz CT molecular complexity index is 613. The second-order valence-corrected chi connectivity index (χ2v) is 8.53. The summed E-state index contributed by atoms with van der Waals surface area (Å²) in [5, 5.41) is 0. The molecule has 0 atom stereocenters. The Morgan fingerprint density at radius 3 is 2.24 bits per heavy atom. The van der Waals surface area contributed by atoms with Gasteiger partial charge in [-0.15, -0.1) is 0 Å². The van der Waals surface area contributed by atoms with Crippen molar-refractivity contribution in [2.24, 2.45) is 0 Å². The van der Waals surface area contributed by atoms with Gasteiger partial charge in [-0.1, -0.05) is 0 Å². The molecule has 0 bridgehead atoms. The number of rotatable bonds is 4. The summed E-state index contributed by atoms with van der Waals surface area (Å²) in [5.41, 5.74) is 0.327. The average Bonchev–Trinajstić information content (AvgIpc) is 2.23. The van der Waals surface area contributed by atoms with E-state index < -0.39 is 21.2 Å². The fourth-order valence-corrected chi connectivity index (χ4v) is 2.53. The van der Waals surface area contributed by atoms with Crippen molar-refractivity contribution >= 4 is 15.7 Å². The van der Waals surface area contributed by atoms with Crippen LogP contribution < -0.4 is 0 Å². The Hall–Kier alpha value is -1.43. The van der Waals surface area contributed by atoms with Crippen LogP contribution in [0.2, 0.25) is 0 Å². The number of benzene rings is 1. The maximum Gasteiger partial charge on any atom is 0.254 e. The van der Waals surface area contributed by atoms with Gasteiger partial charge in [-0.3, -0.25) is 4.79 Å². The fraction of sp³-hybridized carbons (Fsp3) is 0.533. The summed E-state index contributed by atoms with van der Waals surface area (Å²) in [6, 6.07) is 4.12. The Labute approximate surface area is 125 Å². The van der Waals surface area contributed by atoms with Gasteiger partial charge in [0.1, 0.15) is 15.7 Å². The number of aryl methyl sites for hydroxylation is 1. The van der Waals surface area contributed by atoms with E-state index in [1.54, 1.807) is 13.0 Å². The molecule has 4 nitrogen and oxygen atoms in total. The monoisotopic (exact) mass is 315 g/mol. The maximum atomic E-state index is 13.5. The van der Waals surface area contributed by atoms with Crippen LogP contribution >= 0.6 is 0 Å². The minimum atomic E-state index is -3.18. The number of carbonyl (C=O) groups is 1. The van der Waals surface area contributed by atoms with Crippen molar-refractivity contribution in [3.05, 3.63) is 35.1 Å². The van der Waals surface area contributed by atoms with E-state index in [9.17, 15) is 17.6 Å². The molecule has 0 saturated heterocycles. The molecule has 0 unspecified atom stereocenters. The number of hydrogen-bond donors (Lipinski definition) is 0. The van der Waals surface area contributed by atoms with Crippen LogP contribution in [0.5, 0.6) is 0 Å². The number of nitrogens with zero attached hydrogens (tertiary/aromatic N) is 1. The van der Waals surface area contributed by atoms with Crippen LogP contribution in [0.1, 0.15) is 36.7 Å². The van der Waals surface area contributed by atoms with E-state index in [1.165, 1.54) is 17.0 Å². The predicted octanol–water partition coefficient (Wildman–Crippen LogP) is 2.42. The molecular weight excluding hydrogens is 293 g/mol. The van der Waals surface area contributed by atoms with E-state index in [0.29, 0.717) is 5.56 Å². The number of hydrogen-bond acceptors (Lipinski definition) is 3. The van der Waals surface area contributed by atoms with Crippen molar-refractivity contribution in [3.63, 3.8) is 0 Å². The minimum Gasteiger partial charge on any atom is -0.333 e. The summed E-state index contributed by atoms with van der Waals surface area (Å²) in [6.07, 6.45) is 1.13. The highest BCUT2D eigenvalue weighted by Crippen LogP contribution is 2.19. The zero-order chi connectivity index (χ0) is 16.4. The minimum absolute atomic E-state index is 0.0801. The first kappa shape index (κ1) is 17.6. The third-order valence-corrected chi connectivity index (χ3v) is 3.95. The van der Waals surface area contributed by atoms with Crippen LogP contribution in [0.15, 0.2) is 18.2 Å². The molecule has 0 aromatic heterocycles. The lowest BCUT2D eigenvalue weighted by molar-refractivity contribution is 0.0600. The summed E-state index contributed by atoms with van der Waals surface area (Å²) in [4.78, 5) is 14.0. The molecule has 0 aliphatic carbocycles. The second-order valence-electron chi connectivity index (χ2n) is 6.27. The molecule has 0 spiro atoms. The van der Waals surface area contributed by atoms with Gasteiger partial charge in [-0.05, 0) is 51.5 Å². The zero-order valence-electron chi connectivity index (χ0n) is 13.1. The maximum absolute atomic E-state index is 13.5. The van der Waals surface area contributed by atoms with E-state index in [2.05, 4.69) is 0 Å². The van der Waals surface area contributed by atoms with E-state index in [-0.39, 0.29) is 23.8 Å². The molecule has 1 rings (SSSR count). The molecule has 0 saturated carbocycles. The van der Waals surface area contributed by atoms with Crippen molar-refractivity contribution in [2.75, 3.05) is 18.6 Å². The van der Waals surface area contributed by atoms with Gasteiger partial charge in [-0.2, -0.15) is 0 Å². The molecule has 1 aromatic carbocycles. The van der Waals surface area contributed by atoms with E-state index >= 15 is 0 Å². The number of amides is 1. The van der Waals surface area contributed by atoms with Crippen LogP contribution in [-0.4, -0.2) is 43.3 Å². The Morgan fingerprint density at radius 1 is 1.24 bits per heavy atom. The molecule has 1 amide bonds. The summed E-state index contributed by atoms with van der Waals surface area (Å²) in [5.74, 6) is -0.964. The highest BCUT2D eigenvalue weighted by Gasteiger charge is 2.28. The number of halogens is 1.